The lowest BCUT2D eigenvalue weighted by Crippen LogP contribution is -2.37. The average molecular weight is 197 g/mol. The van der Waals surface area contributed by atoms with Gasteiger partial charge in [-0.05, 0) is 37.4 Å². The Morgan fingerprint density at radius 2 is 2.31 bits per heavy atom. The number of nitrogens with one attached hydrogen (secondary N) is 1. The summed E-state index contributed by atoms with van der Waals surface area (Å²) >= 11 is 5.20. The van der Waals surface area contributed by atoms with Crippen molar-refractivity contribution in [3.63, 3.8) is 0 Å². The highest BCUT2D eigenvalue weighted by Gasteiger charge is 2.40. The molecule has 1 aromatic rings. The third-order valence-corrected chi connectivity index (χ3v) is 3.44. The van der Waals surface area contributed by atoms with Gasteiger partial charge in [-0.15, -0.1) is 0 Å². The Morgan fingerprint density at radius 1 is 1.62 bits per heavy atom. The van der Waals surface area contributed by atoms with Gasteiger partial charge in [0, 0.05) is 6.04 Å². The van der Waals surface area contributed by atoms with Crippen molar-refractivity contribution in [2.24, 2.45) is 5.41 Å². The van der Waals surface area contributed by atoms with E-state index in [1.807, 2.05) is 6.92 Å². The number of aromatic amines is 1. The number of rotatable bonds is 1. The molecular formula is C9H15N3S. The summed E-state index contributed by atoms with van der Waals surface area (Å²) in [6.45, 7) is 6.57. The molecule has 72 valence electrons. The van der Waals surface area contributed by atoms with Crippen LogP contribution in [-0.4, -0.2) is 14.8 Å². The van der Waals surface area contributed by atoms with Gasteiger partial charge in [-0.2, -0.15) is 5.10 Å². The van der Waals surface area contributed by atoms with Crippen LogP contribution in [0.3, 0.4) is 0 Å². The number of nitrogens with zero attached hydrogens (tertiary/aromatic N) is 2. The summed E-state index contributed by atoms with van der Waals surface area (Å²) in [6, 6.07) is 0.541. The molecule has 0 aromatic carbocycles. The first-order chi connectivity index (χ1) is 6.02. The highest BCUT2D eigenvalue weighted by molar-refractivity contribution is 7.71. The standard InChI is InChI=1S/C9H15N3S/c1-6-10-11-8(13)12(6)7-4-5-9(7,2)3/h7H,4-5H2,1-3H3,(H,11,13). The van der Waals surface area contributed by atoms with Crippen molar-refractivity contribution in [1.82, 2.24) is 14.8 Å². The quantitative estimate of drug-likeness (QED) is 0.702. The third kappa shape index (κ3) is 1.24. The lowest BCUT2D eigenvalue weighted by Gasteiger charge is -2.45. The van der Waals surface area contributed by atoms with Crippen LogP contribution in [-0.2, 0) is 0 Å². The molecule has 0 amide bonds. The first-order valence-electron chi connectivity index (χ1n) is 4.66. The van der Waals surface area contributed by atoms with Gasteiger partial charge in [-0.3, -0.25) is 5.10 Å². The van der Waals surface area contributed by atoms with Crippen LogP contribution in [0.2, 0.25) is 0 Å². The maximum absolute atomic E-state index is 5.20. The van der Waals surface area contributed by atoms with E-state index in [0.29, 0.717) is 11.5 Å². The normalized spacial score (nSPS) is 25.6. The number of hydrogen-bond acceptors (Lipinski definition) is 2. The second-order valence-electron chi connectivity index (χ2n) is 4.49. The molecule has 1 unspecified atom stereocenters. The molecule has 13 heavy (non-hydrogen) atoms. The Balaban J connectivity index is 2.42. The molecule has 1 aromatic heterocycles. The number of aromatic nitrogens is 3. The zero-order valence-electron chi connectivity index (χ0n) is 8.29. The fraction of sp³-hybridized carbons (Fsp3) is 0.778. The number of aryl methyl sites for hydroxylation is 1. The van der Waals surface area contributed by atoms with Gasteiger partial charge in [0.15, 0.2) is 4.77 Å². The maximum Gasteiger partial charge on any atom is 0.195 e. The molecule has 3 nitrogen and oxygen atoms in total. The summed E-state index contributed by atoms with van der Waals surface area (Å²) in [4.78, 5) is 0. The minimum Gasteiger partial charge on any atom is -0.301 e. The van der Waals surface area contributed by atoms with Gasteiger partial charge >= 0.3 is 0 Å². The van der Waals surface area contributed by atoms with Gasteiger partial charge in [0.05, 0.1) is 0 Å². The van der Waals surface area contributed by atoms with Crippen LogP contribution in [0.4, 0.5) is 0 Å². The first kappa shape index (κ1) is 8.94. The molecule has 0 saturated heterocycles. The zero-order valence-corrected chi connectivity index (χ0v) is 9.11. The Hall–Kier alpha value is -0.640. The first-order valence-corrected chi connectivity index (χ1v) is 5.07. The van der Waals surface area contributed by atoms with Gasteiger partial charge < -0.3 is 4.57 Å². The summed E-state index contributed by atoms with van der Waals surface area (Å²) in [6.07, 6.45) is 2.51. The van der Waals surface area contributed by atoms with E-state index < -0.39 is 0 Å². The van der Waals surface area contributed by atoms with Crippen molar-refractivity contribution in [2.75, 3.05) is 0 Å². The lowest BCUT2D eigenvalue weighted by atomic mass is 9.67. The van der Waals surface area contributed by atoms with Crippen molar-refractivity contribution >= 4 is 12.2 Å². The van der Waals surface area contributed by atoms with Crippen molar-refractivity contribution in [3.8, 4) is 0 Å². The van der Waals surface area contributed by atoms with Crippen molar-refractivity contribution in [2.45, 2.75) is 39.7 Å². The topological polar surface area (TPSA) is 33.6 Å². The van der Waals surface area contributed by atoms with Gasteiger partial charge in [0.25, 0.3) is 0 Å². The van der Waals surface area contributed by atoms with Gasteiger partial charge in [0.1, 0.15) is 5.82 Å². The van der Waals surface area contributed by atoms with E-state index in [4.69, 9.17) is 12.2 Å². The van der Waals surface area contributed by atoms with Crippen LogP contribution < -0.4 is 0 Å². The molecule has 1 saturated carbocycles. The van der Waals surface area contributed by atoms with Crippen LogP contribution in [0.15, 0.2) is 0 Å². The predicted octanol–water partition coefficient (Wildman–Crippen LogP) is 2.61. The third-order valence-electron chi connectivity index (χ3n) is 3.16. The molecule has 1 fully saturated rings. The Labute approximate surface area is 83.2 Å². The molecule has 0 spiro atoms. The lowest BCUT2D eigenvalue weighted by molar-refractivity contribution is 0.0788. The molecule has 1 atom stereocenters. The molecule has 0 bridgehead atoms. The fourth-order valence-electron chi connectivity index (χ4n) is 2.08. The summed E-state index contributed by atoms with van der Waals surface area (Å²) < 4.78 is 2.91. The van der Waals surface area contributed by atoms with E-state index in [0.717, 1.165) is 10.6 Å². The monoisotopic (exact) mass is 197 g/mol. The maximum atomic E-state index is 5.20. The molecule has 0 radical (unpaired) electrons. The van der Waals surface area contributed by atoms with Crippen LogP contribution >= 0.6 is 12.2 Å². The van der Waals surface area contributed by atoms with Crippen LogP contribution in [0.1, 0.15) is 38.6 Å². The Morgan fingerprint density at radius 3 is 2.62 bits per heavy atom. The second kappa shape index (κ2) is 2.67. The van der Waals surface area contributed by atoms with Gasteiger partial charge in [0.2, 0.25) is 0 Å². The smallest absolute Gasteiger partial charge is 0.195 e. The summed E-state index contributed by atoms with van der Waals surface area (Å²) in [5.41, 5.74) is 0.382. The van der Waals surface area contributed by atoms with Crippen molar-refractivity contribution in [1.29, 1.82) is 0 Å². The van der Waals surface area contributed by atoms with Gasteiger partial charge in [-0.25, -0.2) is 0 Å². The van der Waals surface area contributed by atoms with E-state index >= 15 is 0 Å². The van der Waals surface area contributed by atoms with E-state index in [1.165, 1.54) is 12.8 Å². The van der Waals surface area contributed by atoms with E-state index in [9.17, 15) is 0 Å². The molecule has 0 aliphatic heterocycles. The van der Waals surface area contributed by atoms with Crippen LogP contribution in [0, 0.1) is 17.1 Å². The molecule has 1 heterocycles. The highest BCUT2D eigenvalue weighted by Crippen LogP contribution is 2.49. The Bertz CT molecular complexity index is 374. The van der Waals surface area contributed by atoms with E-state index in [-0.39, 0.29) is 0 Å². The summed E-state index contributed by atoms with van der Waals surface area (Å²) in [5.74, 6) is 1.00. The Kier molecular flexibility index (Phi) is 1.84. The minimum atomic E-state index is 0.382. The largest absolute Gasteiger partial charge is 0.301 e. The molecule has 2 rings (SSSR count). The summed E-state index contributed by atoms with van der Waals surface area (Å²) in [5, 5.41) is 6.97. The molecule has 1 aliphatic rings. The second-order valence-corrected chi connectivity index (χ2v) is 4.88. The minimum absolute atomic E-state index is 0.382. The molecule has 4 heteroatoms. The van der Waals surface area contributed by atoms with Gasteiger partial charge in [-0.1, -0.05) is 13.8 Å². The van der Waals surface area contributed by atoms with Crippen LogP contribution in [0.5, 0.6) is 0 Å². The molecular weight excluding hydrogens is 182 g/mol. The molecule has 1 N–H and O–H groups in total. The van der Waals surface area contributed by atoms with E-state index in [2.05, 4.69) is 28.6 Å². The molecule has 1 aliphatic carbocycles. The van der Waals surface area contributed by atoms with Crippen molar-refractivity contribution in [3.05, 3.63) is 10.6 Å². The van der Waals surface area contributed by atoms with Crippen LogP contribution in [0.25, 0.3) is 0 Å². The number of hydrogen-bond donors (Lipinski definition) is 1. The summed E-state index contributed by atoms with van der Waals surface area (Å²) in [7, 11) is 0. The average Bonchev–Trinajstić information content (AvgIpc) is 2.34. The zero-order chi connectivity index (χ0) is 9.64. The fourth-order valence-corrected chi connectivity index (χ4v) is 2.38. The predicted molar refractivity (Wildman–Crippen MR) is 54.2 cm³/mol. The highest BCUT2D eigenvalue weighted by atomic mass is 32.1. The number of H-pyrrole nitrogens is 1. The SMILES string of the molecule is Cc1n[nH]c(=S)n1C1CCC1(C)C. The van der Waals surface area contributed by atoms with E-state index in [1.54, 1.807) is 0 Å². The van der Waals surface area contributed by atoms with Crippen molar-refractivity contribution < 1.29 is 0 Å².